The van der Waals surface area contributed by atoms with Crippen LogP contribution in [0.4, 0.5) is 4.79 Å². The zero-order valence-electron chi connectivity index (χ0n) is 6.37. The summed E-state index contributed by atoms with van der Waals surface area (Å²) in [5.41, 5.74) is 0. The maximum atomic E-state index is 10.0. The summed E-state index contributed by atoms with van der Waals surface area (Å²) in [5.74, 6) is 0. The van der Waals surface area contributed by atoms with E-state index in [-0.39, 0.29) is 6.61 Å². The molecule has 0 aliphatic carbocycles. The number of rotatable bonds is 6. The number of methoxy groups -OCH3 is 1. The summed E-state index contributed by atoms with van der Waals surface area (Å²) in [7, 11) is 1.59. The predicted molar refractivity (Wildman–Crippen MR) is 41.6 cm³/mol. The molecule has 0 saturated carbocycles. The van der Waals surface area contributed by atoms with Crippen LogP contribution in [0.5, 0.6) is 0 Å². The molecule has 0 rings (SSSR count). The van der Waals surface area contributed by atoms with E-state index in [1.165, 1.54) is 0 Å². The average Bonchev–Trinajstić information content (AvgIpc) is 1.96. The monoisotopic (exact) mass is 179 g/mol. The standard InChI is InChI=1S/C6H11O4S/c1-8-2-3-9-4-5-10-6(7)11/h2-5H2,1H3. The Bertz CT molecular complexity index is 107. The lowest BCUT2D eigenvalue weighted by atomic mass is 10.7. The second-order valence-electron chi connectivity index (χ2n) is 1.70. The number of hydrogen-bond donors (Lipinski definition) is 0. The van der Waals surface area contributed by atoms with Crippen molar-refractivity contribution in [2.75, 3.05) is 33.5 Å². The summed E-state index contributed by atoms with van der Waals surface area (Å²) >= 11 is 4.14. The third-order valence-electron chi connectivity index (χ3n) is 0.879. The van der Waals surface area contributed by atoms with Crippen LogP contribution < -0.4 is 0 Å². The maximum absolute atomic E-state index is 10.0. The van der Waals surface area contributed by atoms with E-state index in [9.17, 15) is 4.79 Å². The molecule has 0 spiro atoms. The van der Waals surface area contributed by atoms with Gasteiger partial charge in [0.2, 0.25) is 0 Å². The van der Waals surface area contributed by atoms with Gasteiger partial charge in [0.05, 0.1) is 19.8 Å². The lowest BCUT2D eigenvalue weighted by Gasteiger charge is -2.02. The molecule has 0 aliphatic rings. The lowest BCUT2D eigenvalue weighted by molar-refractivity contribution is 0.0469. The van der Waals surface area contributed by atoms with Crippen molar-refractivity contribution in [1.82, 2.24) is 0 Å². The molecular weight excluding hydrogens is 168 g/mol. The first kappa shape index (κ1) is 10.6. The highest BCUT2D eigenvalue weighted by atomic mass is 32.1. The summed E-state index contributed by atoms with van der Waals surface area (Å²) in [6.45, 7) is 1.63. The van der Waals surface area contributed by atoms with Gasteiger partial charge in [-0.25, -0.2) is 4.79 Å². The molecule has 5 heteroatoms. The fourth-order valence-electron chi connectivity index (χ4n) is 0.428. The zero-order valence-corrected chi connectivity index (χ0v) is 7.19. The third kappa shape index (κ3) is 9.61. The molecule has 0 amide bonds. The van der Waals surface area contributed by atoms with Gasteiger partial charge in [-0.3, -0.25) is 0 Å². The highest BCUT2D eigenvalue weighted by Crippen LogP contribution is 1.85. The van der Waals surface area contributed by atoms with E-state index in [4.69, 9.17) is 9.47 Å². The highest BCUT2D eigenvalue weighted by Gasteiger charge is 1.93. The van der Waals surface area contributed by atoms with Gasteiger partial charge in [-0.05, 0) is 0 Å². The van der Waals surface area contributed by atoms with Gasteiger partial charge < -0.3 is 14.2 Å². The van der Waals surface area contributed by atoms with Crippen LogP contribution in [-0.4, -0.2) is 38.8 Å². The summed E-state index contributed by atoms with van der Waals surface area (Å²) < 4.78 is 14.1. The Labute approximate surface area is 71.2 Å². The normalized spacial score (nSPS) is 9.55. The second kappa shape index (κ2) is 7.71. The van der Waals surface area contributed by atoms with E-state index in [0.717, 1.165) is 0 Å². The maximum Gasteiger partial charge on any atom is 0.400 e. The molecule has 0 bridgehead atoms. The molecule has 0 N–H and O–H groups in total. The van der Waals surface area contributed by atoms with Crippen molar-refractivity contribution in [3.8, 4) is 0 Å². The Morgan fingerprint density at radius 1 is 1.27 bits per heavy atom. The molecule has 65 valence electrons. The predicted octanol–water partition coefficient (Wildman–Crippen LogP) is 0.984. The Kier molecular flexibility index (Phi) is 7.44. The quantitative estimate of drug-likeness (QED) is 0.450. The minimum atomic E-state index is -0.694. The van der Waals surface area contributed by atoms with Gasteiger partial charge in [0.25, 0.3) is 0 Å². The highest BCUT2D eigenvalue weighted by molar-refractivity contribution is 7.96. The number of hydrogen-bond acceptors (Lipinski definition) is 4. The number of ether oxygens (including phenoxy) is 3. The number of carbonyl (C=O) groups is 1. The molecule has 0 heterocycles. The third-order valence-corrected chi connectivity index (χ3v) is 0.997. The van der Waals surface area contributed by atoms with Crippen LogP contribution in [0.2, 0.25) is 0 Å². The Morgan fingerprint density at radius 2 is 1.91 bits per heavy atom. The molecule has 0 aromatic heterocycles. The van der Waals surface area contributed by atoms with Gasteiger partial charge >= 0.3 is 5.30 Å². The fourth-order valence-corrected chi connectivity index (χ4v) is 0.512. The van der Waals surface area contributed by atoms with E-state index in [1.54, 1.807) is 7.11 Å². The van der Waals surface area contributed by atoms with Gasteiger partial charge in [0.15, 0.2) is 0 Å². The van der Waals surface area contributed by atoms with Gasteiger partial charge in [0, 0.05) is 19.7 Å². The topological polar surface area (TPSA) is 44.8 Å². The molecule has 0 aromatic carbocycles. The first-order valence-electron chi connectivity index (χ1n) is 3.18. The van der Waals surface area contributed by atoms with Gasteiger partial charge in [-0.2, -0.15) is 0 Å². The summed E-state index contributed by atoms with van der Waals surface area (Å²) in [4.78, 5) is 10.0. The van der Waals surface area contributed by atoms with Crippen LogP contribution >= 0.6 is 12.6 Å². The van der Waals surface area contributed by atoms with E-state index in [2.05, 4.69) is 17.4 Å². The second-order valence-corrected chi connectivity index (χ2v) is 2.04. The molecule has 4 nitrogen and oxygen atoms in total. The molecule has 0 unspecified atom stereocenters. The van der Waals surface area contributed by atoms with Crippen molar-refractivity contribution in [1.29, 1.82) is 0 Å². The Balaban J connectivity index is 2.85. The summed E-state index contributed by atoms with van der Waals surface area (Å²) in [6.07, 6.45) is 0. The van der Waals surface area contributed by atoms with Gasteiger partial charge in [-0.1, -0.05) is 0 Å². The van der Waals surface area contributed by atoms with Crippen LogP contribution in [-0.2, 0) is 14.2 Å². The molecule has 0 saturated heterocycles. The molecule has 0 aromatic rings. The minimum absolute atomic E-state index is 0.214. The van der Waals surface area contributed by atoms with Crippen molar-refractivity contribution >= 4 is 17.9 Å². The summed E-state index contributed by atoms with van der Waals surface area (Å²) in [5, 5.41) is -0.694. The van der Waals surface area contributed by atoms with Gasteiger partial charge in [0.1, 0.15) is 6.61 Å². The smallest absolute Gasteiger partial charge is 0.400 e. The van der Waals surface area contributed by atoms with Crippen molar-refractivity contribution in [3.05, 3.63) is 0 Å². The van der Waals surface area contributed by atoms with Crippen LogP contribution in [0.25, 0.3) is 0 Å². The van der Waals surface area contributed by atoms with E-state index >= 15 is 0 Å². The van der Waals surface area contributed by atoms with Gasteiger partial charge in [-0.15, -0.1) is 0 Å². The van der Waals surface area contributed by atoms with E-state index < -0.39 is 5.30 Å². The first-order valence-corrected chi connectivity index (χ1v) is 3.58. The van der Waals surface area contributed by atoms with Crippen molar-refractivity contribution < 1.29 is 19.0 Å². The van der Waals surface area contributed by atoms with Crippen molar-refractivity contribution in [2.24, 2.45) is 0 Å². The van der Waals surface area contributed by atoms with E-state index in [0.29, 0.717) is 19.8 Å². The van der Waals surface area contributed by atoms with Crippen LogP contribution in [0, 0.1) is 0 Å². The molecule has 1 radical (unpaired) electrons. The largest absolute Gasteiger partial charge is 0.452 e. The molecule has 11 heavy (non-hydrogen) atoms. The van der Waals surface area contributed by atoms with E-state index in [1.807, 2.05) is 0 Å². The van der Waals surface area contributed by atoms with Crippen molar-refractivity contribution in [3.63, 3.8) is 0 Å². The summed E-state index contributed by atoms with van der Waals surface area (Å²) in [6, 6.07) is 0. The molecule has 0 aliphatic heterocycles. The Hall–Kier alpha value is -0.390. The van der Waals surface area contributed by atoms with Crippen LogP contribution in [0.15, 0.2) is 0 Å². The number of carbonyl (C=O) groups excluding carboxylic acids is 1. The lowest BCUT2D eigenvalue weighted by Crippen LogP contribution is -2.08. The molecule has 0 fully saturated rings. The average molecular weight is 179 g/mol. The van der Waals surface area contributed by atoms with Crippen molar-refractivity contribution in [2.45, 2.75) is 0 Å². The fraction of sp³-hybridized carbons (Fsp3) is 0.833. The van der Waals surface area contributed by atoms with Crippen LogP contribution in [0.3, 0.4) is 0 Å². The minimum Gasteiger partial charge on any atom is -0.452 e. The Morgan fingerprint density at radius 3 is 2.45 bits per heavy atom. The zero-order chi connectivity index (χ0) is 8.53. The first-order chi connectivity index (χ1) is 5.27. The van der Waals surface area contributed by atoms with Crippen LogP contribution in [0.1, 0.15) is 0 Å². The SMILES string of the molecule is COCCOCCOC(=O)[S]. The molecular formula is C6H11O4S. The molecule has 0 atom stereocenters.